The van der Waals surface area contributed by atoms with E-state index >= 15 is 0 Å². The summed E-state index contributed by atoms with van der Waals surface area (Å²) in [5, 5.41) is 5.58. The summed E-state index contributed by atoms with van der Waals surface area (Å²) in [4.78, 5) is 7.45. The largest absolute Gasteiger partial charge is 0.369 e. The molecule has 0 N–H and O–H groups in total. The Bertz CT molecular complexity index is 1010. The number of halogens is 1. The summed E-state index contributed by atoms with van der Waals surface area (Å²) < 4.78 is 0. The normalized spacial score (nSPS) is 17.1. The van der Waals surface area contributed by atoms with E-state index < -0.39 is 0 Å². The average Bonchev–Trinajstić information content (AvgIpc) is 2.79. The van der Waals surface area contributed by atoms with E-state index in [1.54, 1.807) is 0 Å². The zero-order chi connectivity index (χ0) is 19.6. The smallest absolute Gasteiger partial charge is 0.151 e. The molecule has 1 saturated heterocycles. The van der Waals surface area contributed by atoms with Gasteiger partial charge in [0, 0.05) is 42.5 Å². The van der Waals surface area contributed by atoms with Crippen LogP contribution in [0.25, 0.3) is 0 Å². The molecule has 0 unspecified atom stereocenters. The summed E-state index contributed by atoms with van der Waals surface area (Å²) in [7, 11) is 0. The van der Waals surface area contributed by atoms with E-state index in [9.17, 15) is 0 Å². The number of hydrogen-bond acceptors (Lipinski definition) is 4. The van der Waals surface area contributed by atoms with Crippen LogP contribution in [0.1, 0.15) is 11.1 Å². The number of anilines is 1. The van der Waals surface area contributed by atoms with Gasteiger partial charge in [0.25, 0.3) is 0 Å². The van der Waals surface area contributed by atoms with Crippen LogP contribution in [-0.4, -0.2) is 42.0 Å². The van der Waals surface area contributed by atoms with Gasteiger partial charge in [0.1, 0.15) is 0 Å². The number of hydrogen-bond donors (Lipinski definition) is 0. The van der Waals surface area contributed by atoms with Gasteiger partial charge in [0.05, 0.1) is 12.2 Å². The molecule has 5 rings (SSSR count). The van der Waals surface area contributed by atoms with Crippen molar-refractivity contribution in [3.05, 3.63) is 95.0 Å². The molecule has 0 bridgehead atoms. The molecule has 4 nitrogen and oxygen atoms in total. The third-order valence-corrected chi connectivity index (χ3v) is 5.86. The molecule has 0 amide bonds. The number of aliphatic imine (C=N–C) groups is 1. The second-order valence-electron chi connectivity index (χ2n) is 7.40. The Labute approximate surface area is 176 Å². The predicted molar refractivity (Wildman–Crippen MR) is 120 cm³/mol. The number of amidine groups is 1. The van der Waals surface area contributed by atoms with Crippen LogP contribution in [0.5, 0.6) is 0 Å². The number of piperazine rings is 1. The Kier molecular flexibility index (Phi) is 4.96. The lowest BCUT2D eigenvalue weighted by Crippen LogP contribution is -2.56. The maximum absolute atomic E-state index is 6.04. The number of rotatable bonds is 3. The SMILES string of the molecule is Clc1ccc(N2CCN(N3Cc4ccccc4N=C3c3ccccc3)CC2)cc1. The first kappa shape index (κ1) is 18.2. The Morgan fingerprint density at radius 3 is 2.17 bits per heavy atom. The Balaban J connectivity index is 1.39. The molecular formula is C24H23ClN4. The topological polar surface area (TPSA) is 22.1 Å². The molecule has 2 heterocycles. The lowest BCUT2D eigenvalue weighted by molar-refractivity contribution is 0.0309. The fourth-order valence-electron chi connectivity index (χ4n) is 4.04. The maximum atomic E-state index is 6.04. The van der Waals surface area contributed by atoms with Crippen LogP contribution in [0.4, 0.5) is 11.4 Å². The minimum atomic E-state index is 0.781. The molecule has 0 saturated carbocycles. The van der Waals surface area contributed by atoms with Gasteiger partial charge in [0.2, 0.25) is 0 Å². The van der Waals surface area contributed by atoms with Crippen LogP contribution >= 0.6 is 11.6 Å². The van der Waals surface area contributed by atoms with E-state index in [1.807, 2.05) is 12.1 Å². The highest BCUT2D eigenvalue weighted by Crippen LogP contribution is 2.30. The second-order valence-corrected chi connectivity index (χ2v) is 7.84. The van der Waals surface area contributed by atoms with E-state index in [1.165, 1.54) is 11.3 Å². The van der Waals surface area contributed by atoms with Crippen molar-refractivity contribution in [1.29, 1.82) is 0 Å². The molecule has 0 aromatic heterocycles. The molecule has 2 aliphatic heterocycles. The average molecular weight is 403 g/mol. The predicted octanol–water partition coefficient (Wildman–Crippen LogP) is 4.97. The Hall–Kier alpha value is -2.82. The van der Waals surface area contributed by atoms with Gasteiger partial charge in [0.15, 0.2) is 5.84 Å². The van der Waals surface area contributed by atoms with Gasteiger partial charge in [-0.3, -0.25) is 5.01 Å². The number of para-hydroxylation sites is 1. The van der Waals surface area contributed by atoms with Crippen molar-refractivity contribution >= 4 is 28.8 Å². The van der Waals surface area contributed by atoms with E-state index in [0.717, 1.165) is 54.8 Å². The van der Waals surface area contributed by atoms with Crippen molar-refractivity contribution in [2.24, 2.45) is 4.99 Å². The molecule has 5 heteroatoms. The van der Waals surface area contributed by atoms with E-state index in [-0.39, 0.29) is 0 Å². The summed E-state index contributed by atoms with van der Waals surface area (Å²) in [6, 6.07) is 27.1. The minimum Gasteiger partial charge on any atom is -0.369 e. The first-order valence-corrected chi connectivity index (χ1v) is 10.4. The highest BCUT2D eigenvalue weighted by Gasteiger charge is 2.28. The molecule has 0 aliphatic carbocycles. The van der Waals surface area contributed by atoms with Crippen LogP contribution in [0.3, 0.4) is 0 Å². The van der Waals surface area contributed by atoms with Crippen molar-refractivity contribution in [2.45, 2.75) is 6.54 Å². The monoisotopic (exact) mass is 402 g/mol. The third-order valence-electron chi connectivity index (χ3n) is 5.60. The van der Waals surface area contributed by atoms with Gasteiger partial charge < -0.3 is 4.90 Å². The number of benzene rings is 3. The van der Waals surface area contributed by atoms with Gasteiger partial charge in [-0.25, -0.2) is 10.0 Å². The van der Waals surface area contributed by atoms with Crippen molar-refractivity contribution < 1.29 is 0 Å². The minimum absolute atomic E-state index is 0.781. The lowest BCUT2D eigenvalue weighted by Gasteiger charge is -2.44. The van der Waals surface area contributed by atoms with E-state index in [4.69, 9.17) is 16.6 Å². The summed E-state index contributed by atoms with van der Waals surface area (Å²) in [6.45, 7) is 4.71. The number of nitrogens with zero attached hydrogens (tertiary/aromatic N) is 4. The highest BCUT2D eigenvalue weighted by molar-refractivity contribution is 6.30. The van der Waals surface area contributed by atoms with Crippen LogP contribution in [0, 0.1) is 0 Å². The Morgan fingerprint density at radius 2 is 1.41 bits per heavy atom. The van der Waals surface area contributed by atoms with Gasteiger partial charge in [-0.2, -0.15) is 0 Å². The van der Waals surface area contributed by atoms with E-state index in [0.29, 0.717) is 0 Å². The van der Waals surface area contributed by atoms with Crippen molar-refractivity contribution in [2.75, 3.05) is 31.1 Å². The molecule has 2 aliphatic rings. The van der Waals surface area contributed by atoms with E-state index in [2.05, 4.69) is 81.6 Å². The fourth-order valence-corrected chi connectivity index (χ4v) is 4.17. The van der Waals surface area contributed by atoms with Crippen LogP contribution in [0.2, 0.25) is 5.02 Å². The fraction of sp³-hybridized carbons (Fsp3) is 0.208. The molecule has 1 fully saturated rings. The zero-order valence-electron chi connectivity index (χ0n) is 16.2. The summed E-state index contributed by atoms with van der Waals surface area (Å²) in [5.74, 6) is 1.03. The zero-order valence-corrected chi connectivity index (χ0v) is 17.0. The van der Waals surface area contributed by atoms with Gasteiger partial charge >= 0.3 is 0 Å². The molecule has 0 radical (unpaired) electrons. The van der Waals surface area contributed by atoms with Crippen LogP contribution < -0.4 is 4.90 Å². The molecular weight excluding hydrogens is 380 g/mol. The molecule has 29 heavy (non-hydrogen) atoms. The molecule has 0 atom stereocenters. The first-order chi connectivity index (χ1) is 14.3. The summed E-state index contributed by atoms with van der Waals surface area (Å²) in [5.41, 5.74) is 4.73. The van der Waals surface area contributed by atoms with Crippen molar-refractivity contribution in [1.82, 2.24) is 10.0 Å². The summed E-state index contributed by atoms with van der Waals surface area (Å²) in [6.07, 6.45) is 0. The number of fused-ring (bicyclic) bond motifs is 1. The van der Waals surface area contributed by atoms with Gasteiger partial charge in [-0.15, -0.1) is 0 Å². The molecule has 3 aromatic rings. The Morgan fingerprint density at radius 1 is 0.724 bits per heavy atom. The van der Waals surface area contributed by atoms with Crippen molar-refractivity contribution in [3.8, 4) is 0 Å². The quantitative estimate of drug-likeness (QED) is 0.617. The highest BCUT2D eigenvalue weighted by atomic mass is 35.5. The lowest BCUT2D eigenvalue weighted by atomic mass is 10.1. The second kappa shape index (κ2) is 7.90. The van der Waals surface area contributed by atoms with Crippen LogP contribution in [0.15, 0.2) is 83.9 Å². The van der Waals surface area contributed by atoms with Crippen LogP contribution in [-0.2, 0) is 6.54 Å². The molecule has 146 valence electrons. The molecule has 3 aromatic carbocycles. The standard InChI is InChI=1S/C24H23ClN4/c25-21-10-12-22(13-11-21)27-14-16-28(17-15-27)29-18-20-8-4-5-9-23(20)26-24(29)19-6-2-1-3-7-19/h1-13H,14-18H2. The van der Waals surface area contributed by atoms with Gasteiger partial charge in [-0.05, 0) is 35.9 Å². The molecule has 0 spiro atoms. The number of hydrazine groups is 1. The van der Waals surface area contributed by atoms with Crippen molar-refractivity contribution in [3.63, 3.8) is 0 Å². The van der Waals surface area contributed by atoms with Gasteiger partial charge in [-0.1, -0.05) is 60.1 Å². The summed E-state index contributed by atoms with van der Waals surface area (Å²) >= 11 is 6.04. The maximum Gasteiger partial charge on any atom is 0.151 e. The first-order valence-electron chi connectivity index (χ1n) is 10.0. The third kappa shape index (κ3) is 3.74.